The van der Waals surface area contributed by atoms with Gasteiger partial charge in [0.05, 0.1) is 33.9 Å². The summed E-state index contributed by atoms with van der Waals surface area (Å²) in [6.45, 7) is 1.90. The molecule has 2 fully saturated rings. The Hall–Kier alpha value is -1.61. The molecule has 1 aromatic carbocycles. The Labute approximate surface area is 185 Å². The van der Waals surface area contributed by atoms with Crippen LogP contribution >= 0.6 is 35.0 Å². The second-order valence-electron chi connectivity index (χ2n) is 7.96. The zero-order valence-corrected chi connectivity index (χ0v) is 18.5. The lowest BCUT2D eigenvalue weighted by Crippen LogP contribution is -2.39. The molecule has 1 aliphatic carbocycles. The zero-order chi connectivity index (χ0) is 20.4. The van der Waals surface area contributed by atoms with Crippen molar-refractivity contribution < 1.29 is 5.11 Å². The molecular weight excluding hydrogens is 425 g/mol. The average molecular weight is 448 g/mol. The normalized spacial score (nSPS) is 18.2. The molecule has 152 valence electrons. The third-order valence-electron chi connectivity index (χ3n) is 6.22. The minimum absolute atomic E-state index is 0.101. The molecule has 1 N–H and O–H groups in total. The third kappa shape index (κ3) is 4.30. The molecule has 2 aliphatic rings. The number of anilines is 1. The number of rotatable bonds is 4. The predicted octanol–water partition coefficient (Wildman–Crippen LogP) is 6.47. The number of hydrogen-bond donors (Lipinski definition) is 1. The van der Waals surface area contributed by atoms with Crippen LogP contribution in [-0.4, -0.2) is 23.2 Å². The highest BCUT2D eigenvalue weighted by Crippen LogP contribution is 2.47. The van der Waals surface area contributed by atoms with Gasteiger partial charge < -0.3 is 10.0 Å². The Kier molecular flexibility index (Phi) is 6.15. The second kappa shape index (κ2) is 8.63. The smallest absolute Gasteiger partial charge is 0.150 e. The number of aromatic hydroxyl groups is 1. The van der Waals surface area contributed by atoms with Crippen molar-refractivity contribution in [3.63, 3.8) is 0 Å². The summed E-state index contributed by atoms with van der Waals surface area (Å²) in [5.74, 6) is 0.101. The molecule has 1 aromatic heterocycles. The van der Waals surface area contributed by atoms with Gasteiger partial charge in [0.15, 0.2) is 0 Å². The van der Waals surface area contributed by atoms with E-state index in [1.165, 1.54) is 50.3 Å². The average Bonchev–Trinajstić information content (AvgIpc) is 3.16. The van der Waals surface area contributed by atoms with Crippen LogP contribution in [0.25, 0.3) is 0 Å². The fourth-order valence-corrected chi connectivity index (χ4v) is 5.93. The number of nitriles is 1. The van der Waals surface area contributed by atoms with Crippen LogP contribution in [0.15, 0.2) is 34.2 Å². The van der Waals surface area contributed by atoms with Crippen molar-refractivity contribution in [3.8, 4) is 11.8 Å². The van der Waals surface area contributed by atoms with Gasteiger partial charge in [-0.1, -0.05) is 53.9 Å². The first-order valence-corrected chi connectivity index (χ1v) is 11.6. The standard InChI is InChI=1S/C22H23Cl2N3OS/c23-15-4-3-5-19(20(15)24)29-21-18(28)14-17(16(26-21)6-11-25)27-12-9-22(10-13-27)7-1-2-8-22/h3-5,14,28H,1-2,6-10,12-13H2. The maximum atomic E-state index is 10.7. The minimum atomic E-state index is 0.101. The van der Waals surface area contributed by atoms with Gasteiger partial charge in [-0.3, -0.25) is 0 Å². The van der Waals surface area contributed by atoms with E-state index in [4.69, 9.17) is 23.2 Å². The van der Waals surface area contributed by atoms with Crippen LogP contribution in [0.5, 0.6) is 5.75 Å². The second-order valence-corrected chi connectivity index (χ2v) is 9.78. The molecular formula is C22H23Cl2N3OS. The number of benzene rings is 1. The van der Waals surface area contributed by atoms with Gasteiger partial charge in [0, 0.05) is 24.1 Å². The summed E-state index contributed by atoms with van der Waals surface area (Å²) < 4.78 is 0. The van der Waals surface area contributed by atoms with E-state index in [0.717, 1.165) is 23.7 Å². The fraction of sp³-hybridized carbons (Fsp3) is 0.455. The number of nitrogens with zero attached hydrogens (tertiary/aromatic N) is 3. The van der Waals surface area contributed by atoms with Crippen molar-refractivity contribution in [1.29, 1.82) is 5.26 Å². The van der Waals surface area contributed by atoms with Crippen molar-refractivity contribution in [3.05, 3.63) is 40.0 Å². The molecule has 1 aliphatic heterocycles. The van der Waals surface area contributed by atoms with Crippen LogP contribution in [0.1, 0.15) is 44.2 Å². The number of aromatic nitrogens is 1. The lowest BCUT2D eigenvalue weighted by molar-refractivity contribution is 0.226. The van der Waals surface area contributed by atoms with Gasteiger partial charge in [0.25, 0.3) is 0 Å². The Morgan fingerprint density at radius 2 is 1.90 bits per heavy atom. The van der Waals surface area contributed by atoms with E-state index in [0.29, 0.717) is 26.2 Å². The summed E-state index contributed by atoms with van der Waals surface area (Å²) >= 11 is 13.6. The van der Waals surface area contributed by atoms with E-state index in [1.54, 1.807) is 12.1 Å². The molecule has 4 rings (SSSR count). The molecule has 29 heavy (non-hydrogen) atoms. The molecule has 7 heteroatoms. The highest BCUT2D eigenvalue weighted by atomic mass is 35.5. The van der Waals surface area contributed by atoms with Gasteiger partial charge in [-0.25, -0.2) is 4.98 Å². The van der Waals surface area contributed by atoms with E-state index in [-0.39, 0.29) is 12.2 Å². The fourth-order valence-electron chi connectivity index (χ4n) is 4.58. The molecule has 0 bridgehead atoms. The van der Waals surface area contributed by atoms with Gasteiger partial charge in [0.1, 0.15) is 10.8 Å². The lowest BCUT2D eigenvalue weighted by Gasteiger charge is -2.41. The van der Waals surface area contributed by atoms with Gasteiger partial charge in [0.2, 0.25) is 0 Å². The molecule has 1 saturated heterocycles. The van der Waals surface area contributed by atoms with Crippen LogP contribution in [-0.2, 0) is 6.42 Å². The predicted molar refractivity (Wildman–Crippen MR) is 118 cm³/mol. The van der Waals surface area contributed by atoms with E-state index >= 15 is 0 Å². The molecule has 0 radical (unpaired) electrons. The summed E-state index contributed by atoms with van der Waals surface area (Å²) in [5.41, 5.74) is 2.09. The lowest BCUT2D eigenvalue weighted by atomic mass is 9.77. The molecule has 0 unspecified atom stereocenters. The number of piperidine rings is 1. The summed E-state index contributed by atoms with van der Waals surface area (Å²) in [5, 5.41) is 21.3. The summed E-state index contributed by atoms with van der Waals surface area (Å²) in [6.07, 6.45) is 7.92. The first-order chi connectivity index (χ1) is 14.0. The zero-order valence-electron chi connectivity index (χ0n) is 16.1. The molecule has 2 heterocycles. The van der Waals surface area contributed by atoms with Gasteiger partial charge in [-0.2, -0.15) is 5.26 Å². The molecule has 1 spiro atoms. The van der Waals surface area contributed by atoms with Crippen molar-refractivity contribution in [2.45, 2.75) is 54.9 Å². The number of pyridine rings is 1. The molecule has 2 aromatic rings. The largest absolute Gasteiger partial charge is 0.505 e. The van der Waals surface area contributed by atoms with Crippen molar-refractivity contribution in [1.82, 2.24) is 4.98 Å². The SMILES string of the molecule is N#CCc1nc(Sc2cccc(Cl)c2Cl)c(O)cc1N1CCC2(CCCC2)CC1. The van der Waals surface area contributed by atoms with E-state index in [1.807, 2.05) is 12.1 Å². The summed E-state index contributed by atoms with van der Waals surface area (Å²) in [6, 6.07) is 9.34. The van der Waals surface area contributed by atoms with E-state index < -0.39 is 0 Å². The highest BCUT2D eigenvalue weighted by Gasteiger charge is 2.37. The first kappa shape index (κ1) is 20.7. The van der Waals surface area contributed by atoms with Crippen LogP contribution < -0.4 is 4.90 Å². The van der Waals surface area contributed by atoms with E-state index in [2.05, 4.69) is 16.0 Å². The van der Waals surface area contributed by atoms with Crippen molar-refractivity contribution >= 4 is 40.7 Å². The van der Waals surface area contributed by atoms with E-state index in [9.17, 15) is 10.4 Å². The Bertz CT molecular complexity index is 944. The maximum Gasteiger partial charge on any atom is 0.150 e. The monoisotopic (exact) mass is 447 g/mol. The Balaban J connectivity index is 1.60. The number of hydrogen-bond acceptors (Lipinski definition) is 5. The summed E-state index contributed by atoms with van der Waals surface area (Å²) in [7, 11) is 0. The minimum Gasteiger partial charge on any atom is -0.505 e. The Morgan fingerprint density at radius 1 is 1.17 bits per heavy atom. The van der Waals surface area contributed by atoms with Gasteiger partial charge in [-0.05, 0) is 43.2 Å². The first-order valence-electron chi connectivity index (χ1n) is 9.98. The molecule has 4 nitrogen and oxygen atoms in total. The van der Waals surface area contributed by atoms with Gasteiger partial charge >= 0.3 is 0 Å². The number of halogens is 2. The topological polar surface area (TPSA) is 60.1 Å². The summed E-state index contributed by atoms with van der Waals surface area (Å²) in [4.78, 5) is 7.64. The van der Waals surface area contributed by atoms with Crippen LogP contribution in [0.3, 0.4) is 0 Å². The van der Waals surface area contributed by atoms with Crippen molar-refractivity contribution in [2.75, 3.05) is 18.0 Å². The quantitative estimate of drug-likeness (QED) is 0.581. The maximum absolute atomic E-state index is 10.7. The molecule has 0 amide bonds. The Morgan fingerprint density at radius 3 is 2.59 bits per heavy atom. The highest BCUT2D eigenvalue weighted by molar-refractivity contribution is 7.99. The molecule has 1 saturated carbocycles. The molecule has 0 atom stereocenters. The van der Waals surface area contributed by atoms with Crippen LogP contribution in [0, 0.1) is 16.7 Å². The van der Waals surface area contributed by atoms with Gasteiger partial charge in [-0.15, -0.1) is 0 Å². The van der Waals surface area contributed by atoms with Crippen LogP contribution in [0.2, 0.25) is 10.0 Å². The van der Waals surface area contributed by atoms with Crippen LogP contribution in [0.4, 0.5) is 5.69 Å². The third-order valence-corrected chi connectivity index (χ3v) is 8.21. The van der Waals surface area contributed by atoms with Crippen molar-refractivity contribution in [2.24, 2.45) is 5.41 Å².